The van der Waals surface area contributed by atoms with Gasteiger partial charge in [-0.2, -0.15) is 22.5 Å². The van der Waals surface area contributed by atoms with E-state index in [1.165, 1.54) is 16.4 Å². The minimum atomic E-state index is -3.61. The van der Waals surface area contributed by atoms with Crippen LogP contribution < -0.4 is 4.72 Å². The summed E-state index contributed by atoms with van der Waals surface area (Å²) in [4.78, 5) is 0. The van der Waals surface area contributed by atoms with Crippen molar-refractivity contribution in [1.29, 1.82) is 0 Å². The molecule has 1 aromatic heterocycles. The topological polar surface area (TPSA) is 76.5 Å². The zero-order valence-electron chi connectivity index (χ0n) is 15.8. The summed E-state index contributed by atoms with van der Waals surface area (Å²) in [6.45, 7) is 4.74. The minimum Gasteiger partial charge on any atom is -0.383 e. The third kappa shape index (κ3) is 4.21. The molecule has 2 aromatic rings. The number of ether oxygens (including phenoxy) is 1. The summed E-state index contributed by atoms with van der Waals surface area (Å²) < 4.78 is 49.6. The number of rotatable bonds is 7. The van der Waals surface area contributed by atoms with Gasteiger partial charge in [0.25, 0.3) is 10.2 Å². The van der Waals surface area contributed by atoms with Gasteiger partial charge in [0.05, 0.1) is 18.0 Å². The maximum atomic E-state index is 13.2. The van der Waals surface area contributed by atoms with Crippen molar-refractivity contribution in [3.63, 3.8) is 0 Å². The molecule has 0 bridgehead atoms. The van der Waals surface area contributed by atoms with Crippen LogP contribution in [0.15, 0.2) is 24.3 Å². The van der Waals surface area contributed by atoms with Crippen LogP contribution in [-0.4, -0.2) is 48.8 Å². The molecule has 0 amide bonds. The first kappa shape index (κ1) is 19.9. The van der Waals surface area contributed by atoms with Crippen molar-refractivity contribution in [2.75, 3.05) is 20.3 Å². The number of aryl methyl sites for hydroxylation is 1. The first-order valence-electron chi connectivity index (χ1n) is 8.90. The van der Waals surface area contributed by atoms with Gasteiger partial charge in [0.15, 0.2) is 0 Å². The zero-order valence-corrected chi connectivity index (χ0v) is 16.6. The fourth-order valence-corrected chi connectivity index (χ4v) is 4.92. The Morgan fingerprint density at radius 1 is 1.30 bits per heavy atom. The molecule has 2 heterocycles. The van der Waals surface area contributed by atoms with Crippen LogP contribution in [0.2, 0.25) is 0 Å². The predicted octanol–water partition coefficient (Wildman–Crippen LogP) is 2.07. The molecule has 148 valence electrons. The number of hydrogen-bond donors (Lipinski definition) is 1. The first-order valence-corrected chi connectivity index (χ1v) is 10.3. The predicted molar refractivity (Wildman–Crippen MR) is 100 cm³/mol. The average Bonchev–Trinajstić information content (AvgIpc) is 3.20. The van der Waals surface area contributed by atoms with Gasteiger partial charge in [-0.25, -0.2) is 9.07 Å². The molecular weight excluding hydrogens is 371 g/mol. The van der Waals surface area contributed by atoms with Crippen LogP contribution in [0, 0.1) is 19.7 Å². The number of methoxy groups -OCH3 is 1. The van der Waals surface area contributed by atoms with Crippen LogP contribution in [0.3, 0.4) is 0 Å². The van der Waals surface area contributed by atoms with Gasteiger partial charge in [0, 0.05) is 37.5 Å². The number of aromatic nitrogens is 2. The molecule has 27 heavy (non-hydrogen) atoms. The van der Waals surface area contributed by atoms with Crippen LogP contribution in [0.5, 0.6) is 0 Å². The Morgan fingerprint density at radius 3 is 2.67 bits per heavy atom. The molecule has 1 saturated heterocycles. The number of hydrogen-bond acceptors (Lipinski definition) is 4. The lowest BCUT2D eigenvalue weighted by molar-refractivity contribution is 0.148. The quantitative estimate of drug-likeness (QED) is 0.777. The number of halogens is 1. The van der Waals surface area contributed by atoms with E-state index < -0.39 is 10.2 Å². The Morgan fingerprint density at radius 2 is 2.00 bits per heavy atom. The summed E-state index contributed by atoms with van der Waals surface area (Å²) in [6.07, 6.45) is 1.63. The minimum absolute atomic E-state index is 0.128. The van der Waals surface area contributed by atoms with Crippen LogP contribution in [0.1, 0.15) is 29.8 Å². The van der Waals surface area contributed by atoms with Gasteiger partial charge in [-0.3, -0.25) is 0 Å². The van der Waals surface area contributed by atoms with Crippen LogP contribution in [0.4, 0.5) is 4.39 Å². The molecule has 1 aromatic carbocycles. The lowest BCUT2D eigenvalue weighted by Crippen LogP contribution is -2.44. The van der Waals surface area contributed by atoms with Crippen molar-refractivity contribution in [2.24, 2.45) is 0 Å². The highest BCUT2D eigenvalue weighted by Crippen LogP contribution is 2.22. The highest BCUT2D eigenvalue weighted by molar-refractivity contribution is 7.87. The molecule has 0 radical (unpaired) electrons. The van der Waals surface area contributed by atoms with Crippen LogP contribution >= 0.6 is 0 Å². The molecule has 1 aliphatic rings. The molecule has 1 aliphatic heterocycles. The summed E-state index contributed by atoms with van der Waals surface area (Å²) in [5.74, 6) is -0.315. The molecule has 0 spiro atoms. The Labute approximate surface area is 159 Å². The Kier molecular flexibility index (Phi) is 5.95. The van der Waals surface area contributed by atoms with E-state index in [0.29, 0.717) is 13.2 Å². The smallest absolute Gasteiger partial charge is 0.280 e. The molecule has 1 atom stereocenters. The fourth-order valence-electron chi connectivity index (χ4n) is 3.50. The highest BCUT2D eigenvalue weighted by Gasteiger charge is 2.34. The van der Waals surface area contributed by atoms with Gasteiger partial charge < -0.3 is 4.74 Å². The van der Waals surface area contributed by atoms with E-state index in [2.05, 4.69) is 9.82 Å². The Bertz CT molecular complexity index is 896. The summed E-state index contributed by atoms with van der Waals surface area (Å²) in [5, 5.41) is 4.48. The first-order chi connectivity index (χ1) is 12.8. The summed E-state index contributed by atoms with van der Waals surface area (Å²) in [7, 11) is -2.03. The molecule has 7 nitrogen and oxygen atoms in total. The fraction of sp³-hybridized carbons (Fsp3) is 0.500. The maximum Gasteiger partial charge on any atom is 0.280 e. The zero-order chi connectivity index (χ0) is 19.6. The third-order valence-corrected chi connectivity index (χ3v) is 6.54. The lowest BCUT2D eigenvalue weighted by atomic mass is 10.2. The van der Waals surface area contributed by atoms with Crippen molar-refractivity contribution >= 4 is 10.2 Å². The van der Waals surface area contributed by atoms with Gasteiger partial charge >= 0.3 is 0 Å². The van der Waals surface area contributed by atoms with E-state index in [-0.39, 0.29) is 18.4 Å². The van der Waals surface area contributed by atoms with E-state index in [1.54, 1.807) is 23.9 Å². The summed E-state index contributed by atoms with van der Waals surface area (Å²) in [5.41, 5.74) is 3.09. The molecular formula is C18H25FN4O3S. The van der Waals surface area contributed by atoms with Crippen molar-refractivity contribution in [3.8, 4) is 5.69 Å². The van der Waals surface area contributed by atoms with E-state index in [0.717, 1.165) is 35.5 Å². The SMILES string of the molecule is COC[C@@H]1CCCN1S(=O)(=O)NCc1c(C)nn(-c2ccc(F)cc2)c1C. The van der Waals surface area contributed by atoms with Crippen molar-refractivity contribution in [3.05, 3.63) is 47.0 Å². The second kappa shape index (κ2) is 8.05. The van der Waals surface area contributed by atoms with E-state index in [1.807, 2.05) is 13.8 Å². The van der Waals surface area contributed by atoms with Crippen molar-refractivity contribution in [1.82, 2.24) is 18.8 Å². The van der Waals surface area contributed by atoms with Crippen LogP contribution in [-0.2, 0) is 21.5 Å². The van der Waals surface area contributed by atoms with Crippen LogP contribution in [0.25, 0.3) is 5.69 Å². The second-order valence-corrected chi connectivity index (χ2v) is 8.43. The number of benzene rings is 1. The Hall–Kier alpha value is -1.81. The summed E-state index contributed by atoms with van der Waals surface area (Å²) >= 11 is 0. The van der Waals surface area contributed by atoms with Gasteiger partial charge in [0.1, 0.15) is 5.82 Å². The van der Waals surface area contributed by atoms with Crippen molar-refractivity contribution < 1.29 is 17.5 Å². The normalized spacial score (nSPS) is 18.3. The largest absolute Gasteiger partial charge is 0.383 e. The van der Waals surface area contributed by atoms with Gasteiger partial charge in [0.2, 0.25) is 0 Å². The molecule has 1 fully saturated rings. The Balaban J connectivity index is 1.77. The lowest BCUT2D eigenvalue weighted by Gasteiger charge is -2.23. The molecule has 0 saturated carbocycles. The molecule has 0 aliphatic carbocycles. The average molecular weight is 396 g/mol. The van der Waals surface area contributed by atoms with Crippen molar-refractivity contribution in [2.45, 2.75) is 39.3 Å². The molecule has 9 heteroatoms. The third-order valence-electron chi connectivity index (χ3n) is 4.93. The summed E-state index contributed by atoms with van der Waals surface area (Å²) in [6, 6.07) is 5.90. The van der Waals surface area contributed by atoms with Gasteiger partial charge in [-0.05, 0) is 51.0 Å². The monoisotopic (exact) mass is 396 g/mol. The van der Waals surface area contributed by atoms with Gasteiger partial charge in [-0.15, -0.1) is 0 Å². The van der Waals surface area contributed by atoms with E-state index in [4.69, 9.17) is 4.74 Å². The molecule has 0 unspecified atom stereocenters. The maximum absolute atomic E-state index is 13.2. The van der Waals surface area contributed by atoms with E-state index in [9.17, 15) is 12.8 Å². The molecule has 3 rings (SSSR count). The van der Waals surface area contributed by atoms with E-state index >= 15 is 0 Å². The number of nitrogens with one attached hydrogen (secondary N) is 1. The second-order valence-electron chi connectivity index (χ2n) is 6.73. The molecule has 1 N–H and O–H groups in total. The van der Waals surface area contributed by atoms with Gasteiger partial charge in [-0.1, -0.05) is 0 Å². The number of nitrogens with zero attached hydrogens (tertiary/aromatic N) is 3. The highest BCUT2D eigenvalue weighted by atomic mass is 32.2. The standard InChI is InChI=1S/C18H25FN4O3S/c1-13-18(14(2)23(21-13)16-8-6-15(19)7-9-16)11-20-27(24,25)22-10-4-5-17(22)12-26-3/h6-9,17,20H,4-5,10-12H2,1-3H3/t17-/m0/s1.